The highest BCUT2D eigenvalue weighted by atomic mass is 32.1. The van der Waals surface area contributed by atoms with Gasteiger partial charge in [-0.1, -0.05) is 44.2 Å². The van der Waals surface area contributed by atoms with Crippen LogP contribution in [0.15, 0.2) is 48.5 Å². The van der Waals surface area contributed by atoms with Gasteiger partial charge in [0.1, 0.15) is 11.6 Å². The van der Waals surface area contributed by atoms with Crippen molar-refractivity contribution in [3.05, 3.63) is 81.9 Å². The highest BCUT2D eigenvalue weighted by Crippen LogP contribution is 2.62. The van der Waals surface area contributed by atoms with Crippen molar-refractivity contribution in [2.24, 2.45) is 16.7 Å². The molecule has 0 spiro atoms. The molecule has 2 aliphatic rings. The lowest BCUT2D eigenvalue weighted by Gasteiger charge is -2.58. The first-order valence-corrected chi connectivity index (χ1v) is 14.2. The Bertz CT molecular complexity index is 1320. The minimum atomic E-state index is -0.708. The van der Waals surface area contributed by atoms with Gasteiger partial charge in [-0.3, -0.25) is 4.79 Å². The molecule has 4 N–H and O–H groups in total. The van der Waals surface area contributed by atoms with E-state index in [0.717, 1.165) is 27.3 Å². The Morgan fingerprint density at radius 2 is 1.82 bits per heavy atom. The lowest BCUT2D eigenvalue weighted by molar-refractivity contribution is -0.144. The quantitative estimate of drug-likeness (QED) is 0.308. The molecule has 5 unspecified atom stereocenters. The topological polar surface area (TPSA) is 94.5 Å². The maximum atomic E-state index is 13.6. The predicted molar refractivity (Wildman–Crippen MR) is 147 cm³/mol. The number of carbonyl (C=O) groups excluding carboxylic acids is 1. The Kier molecular flexibility index (Phi) is 7.77. The molecule has 6 nitrogen and oxygen atoms in total. The van der Waals surface area contributed by atoms with E-state index in [-0.39, 0.29) is 42.7 Å². The fourth-order valence-corrected chi connectivity index (χ4v) is 7.73. The van der Waals surface area contributed by atoms with Crippen LogP contribution in [0.1, 0.15) is 60.7 Å². The molecule has 0 radical (unpaired) electrons. The molecule has 9 heteroatoms. The van der Waals surface area contributed by atoms with Crippen LogP contribution in [0.5, 0.6) is 0 Å². The van der Waals surface area contributed by atoms with Gasteiger partial charge in [0.2, 0.25) is 5.91 Å². The zero-order valence-corrected chi connectivity index (χ0v) is 23.0. The number of anilines is 1. The van der Waals surface area contributed by atoms with Crippen LogP contribution in [0.3, 0.4) is 0 Å². The van der Waals surface area contributed by atoms with Crippen molar-refractivity contribution in [3.8, 4) is 0 Å². The SMILES string of the molecule is CC1(CO)C(O)CCC2(C)C(CC(=O)NCc3cc(F)cc(F)c3)c3nc(NCc4ccccc4)sc3CC12. The van der Waals surface area contributed by atoms with Crippen LogP contribution >= 0.6 is 11.3 Å². The van der Waals surface area contributed by atoms with Crippen LogP contribution in [0.4, 0.5) is 13.9 Å². The maximum absolute atomic E-state index is 13.6. The Hall–Kier alpha value is -2.88. The summed E-state index contributed by atoms with van der Waals surface area (Å²) in [5, 5.41) is 28.4. The van der Waals surface area contributed by atoms with E-state index >= 15 is 0 Å². The zero-order chi connectivity index (χ0) is 27.8. The second kappa shape index (κ2) is 10.9. The van der Waals surface area contributed by atoms with Crippen molar-refractivity contribution in [2.75, 3.05) is 11.9 Å². The number of benzene rings is 2. The van der Waals surface area contributed by atoms with E-state index in [1.807, 2.05) is 37.3 Å². The summed E-state index contributed by atoms with van der Waals surface area (Å²) in [5.74, 6) is -1.90. The standard InChI is InChI=1S/C30H35F2N3O3S/c1-29-9-8-25(37)30(2,17-36)24(29)14-23-27(35-28(39-23)34-15-18-6-4-3-5-7-18)22(29)13-26(38)33-16-19-10-20(31)12-21(32)11-19/h3-7,10-12,22,24-25,36-37H,8-9,13-17H2,1-2H3,(H,33,38)(H,34,35). The van der Waals surface area contributed by atoms with Gasteiger partial charge in [0.25, 0.3) is 0 Å². The Balaban J connectivity index is 1.42. The smallest absolute Gasteiger partial charge is 0.220 e. The lowest BCUT2D eigenvalue weighted by Crippen LogP contribution is -2.57. The summed E-state index contributed by atoms with van der Waals surface area (Å²) < 4.78 is 27.3. The average Bonchev–Trinajstić information content (AvgIpc) is 3.32. The normalized spacial score (nSPS) is 27.9. The number of nitrogens with zero attached hydrogens (tertiary/aromatic N) is 1. The van der Waals surface area contributed by atoms with E-state index < -0.39 is 23.2 Å². The molecule has 2 aromatic carbocycles. The molecule has 5 rings (SSSR count). The fraction of sp³-hybridized carbons (Fsp3) is 0.467. The van der Waals surface area contributed by atoms with Gasteiger partial charge < -0.3 is 20.8 Å². The number of halogens is 2. The number of carbonyl (C=O) groups is 1. The third-order valence-corrected chi connectivity index (χ3v) is 10.0. The van der Waals surface area contributed by atoms with E-state index in [0.29, 0.717) is 31.4 Å². The van der Waals surface area contributed by atoms with E-state index in [9.17, 15) is 23.8 Å². The van der Waals surface area contributed by atoms with Crippen molar-refractivity contribution in [1.82, 2.24) is 10.3 Å². The van der Waals surface area contributed by atoms with Crippen LogP contribution in [0.25, 0.3) is 0 Å². The number of thiazole rings is 1. The molecule has 1 fully saturated rings. The molecule has 39 heavy (non-hydrogen) atoms. The number of rotatable bonds is 8. The van der Waals surface area contributed by atoms with Crippen LogP contribution in [-0.2, 0) is 24.3 Å². The van der Waals surface area contributed by atoms with Gasteiger partial charge in [-0.2, -0.15) is 0 Å². The van der Waals surface area contributed by atoms with Crippen molar-refractivity contribution in [1.29, 1.82) is 0 Å². The van der Waals surface area contributed by atoms with Gasteiger partial charge in [-0.25, -0.2) is 13.8 Å². The van der Waals surface area contributed by atoms with E-state index in [1.54, 1.807) is 11.3 Å². The molecule has 1 amide bonds. The van der Waals surface area contributed by atoms with Gasteiger partial charge in [-0.15, -0.1) is 11.3 Å². The number of hydrogen-bond donors (Lipinski definition) is 4. The highest BCUT2D eigenvalue weighted by molar-refractivity contribution is 7.15. The molecular formula is C30H35F2N3O3S. The first-order valence-electron chi connectivity index (χ1n) is 13.4. The number of aliphatic hydroxyl groups excluding tert-OH is 2. The Labute approximate surface area is 231 Å². The van der Waals surface area contributed by atoms with Gasteiger partial charge in [-0.05, 0) is 53.9 Å². The largest absolute Gasteiger partial charge is 0.396 e. The predicted octanol–water partition coefficient (Wildman–Crippen LogP) is 5.16. The molecule has 1 saturated carbocycles. The molecule has 208 valence electrons. The summed E-state index contributed by atoms with van der Waals surface area (Å²) in [6.07, 6.45) is 1.42. The Morgan fingerprint density at radius 1 is 1.10 bits per heavy atom. The molecular weight excluding hydrogens is 520 g/mol. The summed E-state index contributed by atoms with van der Waals surface area (Å²) in [6.45, 7) is 4.58. The van der Waals surface area contributed by atoms with Gasteiger partial charge in [0, 0.05) is 41.8 Å². The number of aromatic nitrogens is 1. The van der Waals surface area contributed by atoms with Gasteiger partial charge in [0.15, 0.2) is 5.13 Å². The second-order valence-electron chi connectivity index (χ2n) is 11.5. The van der Waals surface area contributed by atoms with Crippen LogP contribution < -0.4 is 10.6 Å². The summed E-state index contributed by atoms with van der Waals surface area (Å²) in [6, 6.07) is 13.3. The first kappa shape index (κ1) is 27.7. The highest BCUT2D eigenvalue weighted by Gasteiger charge is 2.59. The third-order valence-electron chi connectivity index (χ3n) is 8.98. The molecule has 5 atom stereocenters. The number of hydrogen-bond acceptors (Lipinski definition) is 6. The molecule has 0 saturated heterocycles. The van der Waals surface area contributed by atoms with Gasteiger partial charge in [0.05, 0.1) is 18.4 Å². The van der Waals surface area contributed by atoms with Crippen LogP contribution in [0, 0.1) is 28.4 Å². The van der Waals surface area contributed by atoms with Crippen LogP contribution in [0.2, 0.25) is 0 Å². The Morgan fingerprint density at radius 3 is 2.51 bits per heavy atom. The molecule has 0 aliphatic heterocycles. The maximum Gasteiger partial charge on any atom is 0.220 e. The number of nitrogens with one attached hydrogen (secondary N) is 2. The monoisotopic (exact) mass is 555 g/mol. The molecule has 2 aliphatic carbocycles. The molecule has 0 bridgehead atoms. The minimum Gasteiger partial charge on any atom is -0.396 e. The second-order valence-corrected chi connectivity index (χ2v) is 12.5. The number of fused-ring (bicyclic) bond motifs is 2. The van der Waals surface area contributed by atoms with Gasteiger partial charge >= 0.3 is 0 Å². The summed E-state index contributed by atoms with van der Waals surface area (Å²) in [4.78, 5) is 19.3. The summed E-state index contributed by atoms with van der Waals surface area (Å²) in [7, 11) is 0. The fourth-order valence-electron chi connectivity index (χ4n) is 6.67. The first-order chi connectivity index (χ1) is 18.6. The molecule has 1 aromatic heterocycles. The van der Waals surface area contributed by atoms with E-state index in [4.69, 9.17) is 4.98 Å². The van der Waals surface area contributed by atoms with Crippen molar-refractivity contribution in [2.45, 2.75) is 64.6 Å². The van der Waals surface area contributed by atoms with Crippen molar-refractivity contribution < 1.29 is 23.8 Å². The molecule has 3 aromatic rings. The van der Waals surface area contributed by atoms with E-state index in [2.05, 4.69) is 17.6 Å². The van der Waals surface area contributed by atoms with E-state index in [1.165, 1.54) is 12.1 Å². The summed E-state index contributed by atoms with van der Waals surface area (Å²) in [5.41, 5.74) is 1.28. The van der Waals surface area contributed by atoms with Crippen molar-refractivity contribution in [3.63, 3.8) is 0 Å². The third kappa shape index (κ3) is 5.44. The average molecular weight is 556 g/mol. The summed E-state index contributed by atoms with van der Waals surface area (Å²) >= 11 is 1.57. The number of amides is 1. The number of aliphatic hydroxyl groups is 2. The lowest BCUT2D eigenvalue weighted by atomic mass is 9.47. The van der Waals surface area contributed by atoms with Crippen molar-refractivity contribution >= 4 is 22.4 Å². The van der Waals surface area contributed by atoms with Crippen LogP contribution in [-0.4, -0.2) is 33.8 Å². The molecule has 1 heterocycles. The minimum absolute atomic E-state index is 0.0151. The zero-order valence-electron chi connectivity index (χ0n) is 22.2.